The van der Waals surface area contributed by atoms with Gasteiger partial charge in [0.15, 0.2) is 6.10 Å². The monoisotopic (exact) mass is 210 g/mol. The van der Waals surface area contributed by atoms with Gasteiger partial charge in [0.25, 0.3) is 0 Å². The van der Waals surface area contributed by atoms with E-state index >= 15 is 0 Å². The second kappa shape index (κ2) is 3.90. The third-order valence-corrected chi connectivity index (χ3v) is 2.52. The van der Waals surface area contributed by atoms with Crippen molar-refractivity contribution in [2.75, 3.05) is 0 Å². The first-order valence-electron chi connectivity index (χ1n) is 4.56. The minimum absolute atomic E-state index is 0.0113. The predicted octanol–water partition coefficient (Wildman–Crippen LogP) is 1.12. The average Bonchev–Trinajstić information content (AvgIpc) is 2.16. The zero-order valence-electron chi connectivity index (χ0n) is 8.64. The van der Waals surface area contributed by atoms with Crippen molar-refractivity contribution in [3.05, 3.63) is 29.8 Å². The maximum absolute atomic E-state index is 10.7. The van der Waals surface area contributed by atoms with Crippen LogP contribution < -0.4 is 0 Å². The molecular formula is C11H14O4. The number of carboxylic acid groups (broad SMARTS) is 1. The van der Waals surface area contributed by atoms with Gasteiger partial charge in [-0.3, -0.25) is 0 Å². The van der Waals surface area contributed by atoms with Gasteiger partial charge in [-0.05, 0) is 6.07 Å². The summed E-state index contributed by atoms with van der Waals surface area (Å²) in [5.41, 5.74) is -0.614. The standard InChI is InChI=1S/C11H14O4/c1-11(2,9(13)10(14)15)7-5-3-4-6-8(7)12/h3-6,9,12-13H,1-2H3,(H,14,15). The van der Waals surface area contributed by atoms with Crippen molar-refractivity contribution < 1.29 is 20.1 Å². The van der Waals surface area contributed by atoms with Crippen LogP contribution in [0.25, 0.3) is 0 Å². The van der Waals surface area contributed by atoms with Gasteiger partial charge in [-0.15, -0.1) is 0 Å². The Morgan fingerprint density at radius 3 is 2.33 bits per heavy atom. The molecule has 0 aliphatic heterocycles. The van der Waals surface area contributed by atoms with Gasteiger partial charge in [-0.25, -0.2) is 4.79 Å². The van der Waals surface area contributed by atoms with Gasteiger partial charge in [0.2, 0.25) is 0 Å². The molecule has 1 aromatic carbocycles. The van der Waals surface area contributed by atoms with Crippen LogP contribution in [-0.4, -0.2) is 27.4 Å². The third-order valence-electron chi connectivity index (χ3n) is 2.52. The van der Waals surface area contributed by atoms with E-state index in [4.69, 9.17) is 5.11 Å². The van der Waals surface area contributed by atoms with Gasteiger partial charge >= 0.3 is 5.97 Å². The van der Waals surface area contributed by atoms with Crippen LogP contribution >= 0.6 is 0 Å². The number of rotatable bonds is 3. The van der Waals surface area contributed by atoms with Crippen molar-refractivity contribution in [1.82, 2.24) is 0 Å². The molecular weight excluding hydrogens is 196 g/mol. The van der Waals surface area contributed by atoms with Gasteiger partial charge in [0.1, 0.15) is 5.75 Å². The van der Waals surface area contributed by atoms with Crippen molar-refractivity contribution in [1.29, 1.82) is 0 Å². The number of hydrogen-bond donors (Lipinski definition) is 3. The summed E-state index contributed by atoms with van der Waals surface area (Å²) in [7, 11) is 0. The van der Waals surface area contributed by atoms with E-state index in [9.17, 15) is 15.0 Å². The van der Waals surface area contributed by atoms with Crippen LogP contribution in [0.15, 0.2) is 24.3 Å². The molecule has 1 rings (SSSR count). The van der Waals surface area contributed by atoms with E-state index in [1.807, 2.05) is 0 Å². The van der Waals surface area contributed by atoms with Crippen LogP contribution in [-0.2, 0) is 10.2 Å². The molecule has 0 bridgehead atoms. The molecule has 4 nitrogen and oxygen atoms in total. The van der Waals surface area contributed by atoms with Crippen LogP contribution in [0.5, 0.6) is 5.75 Å². The second-order valence-electron chi connectivity index (χ2n) is 3.98. The number of phenols is 1. The van der Waals surface area contributed by atoms with E-state index in [1.165, 1.54) is 6.07 Å². The van der Waals surface area contributed by atoms with Gasteiger partial charge < -0.3 is 15.3 Å². The molecule has 0 saturated heterocycles. The number of carboxylic acids is 1. The zero-order valence-corrected chi connectivity index (χ0v) is 8.64. The Bertz CT molecular complexity index is 371. The first-order chi connectivity index (χ1) is 6.87. The number of carbonyl (C=O) groups is 1. The van der Waals surface area contributed by atoms with Crippen LogP contribution in [0.2, 0.25) is 0 Å². The van der Waals surface area contributed by atoms with E-state index in [0.29, 0.717) is 5.56 Å². The lowest BCUT2D eigenvalue weighted by Gasteiger charge is -2.28. The molecule has 1 aromatic rings. The summed E-state index contributed by atoms with van der Waals surface area (Å²) in [5.74, 6) is -1.31. The highest BCUT2D eigenvalue weighted by Gasteiger charge is 2.36. The summed E-state index contributed by atoms with van der Waals surface area (Å²) in [6.45, 7) is 3.14. The molecule has 0 spiro atoms. The number of aromatic hydroxyl groups is 1. The number of phenolic OH excluding ortho intramolecular Hbond substituents is 1. The molecule has 1 atom stereocenters. The number of benzene rings is 1. The highest BCUT2D eigenvalue weighted by atomic mass is 16.4. The lowest BCUT2D eigenvalue weighted by molar-refractivity contribution is -0.150. The van der Waals surface area contributed by atoms with Gasteiger partial charge in [-0.2, -0.15) is 0 Å². The lowest BCUT2D eigenvalue weighted by atomic mass is 9.79. The Balaban J connectivity index is 3.16. The van der Waals surface area contributed by atoms with Crippen molar-refractivity contribution in [2.45, 2.75) is 25.4 Å². The minimum Gasteiger partial charge on any atom is -0.508 e. The van der Waals surface area contributed by atoms with Gasteiger partial charge in [0.05, 0.1) is 0 Å². The Kier molecular flexibility index (Phi) is 3.00. The normalized spacial score (nSPS) is 13.5. The molecule has 0 amide bonds. The zero-order chi connectivity index (χ0) is 11.6. The Labute approximate surface area is 87.8 Å². The highest BCUT2D eigenvalue weighted by Crippen LogP contribution is 2.33. The van der Waals surface area contributed by atoms with E-state index in [0.717, 1.165) is 0 Å². The summed E-state index contributed by atoms with van der Waals surface area (Å²) in [6, 6.07) is 6.39. The first kappa shape index (κ1) is 11.5. The summed E-state index contributed by atoms with van der Waals surface area (Å²) in [5, 5.41) is 27.8. The van der Waals surface area contributed by atoms with Crippen LogP contribution in [0.4, 0.5) is 0 Å². The topological polar surface area (TPSA) is 77.8 Å². The second-order valence-corrected chi connectivity index (χ2v) is 3.98. The summed E-state index contributed by atoms with van der Waals surface area (Å²) >= 11 is 0. The molecule has 4 heteroatoms. The smallest absolute Gasteiger partial charge is 0.333 e. The van der Waals surface area contributed by atoms with E-state index in [-0.39, 0.29) is 5.75 Å². The van der Waals surface area contributed by atoms with Crippen LogP contribution in [0.1, 0.15) is 19.4 Å². The Morgan fingerprint density at radius 2 is 1.87 bits per heavy atom. The quantitative estimate of drug-likeness (QED) is 0.698. The summed E-state index contributed by atoms with van der Waals surface area (Å²) in [6.07, 6.45) is -1.55. The molecule has 0 aliphatic carbocycles. The average molecular weight is 210 g/mol. The van der Waals surface area contributed by atoms with E-state index < -0.39 is 17.5 Å². The van der Waals surface area contributed by atoms with Gasteiger partial charge in [0, 0.05) is 11.0 Å². The maximum Gasteiger partial charge on any atom is 0.333 e. The summed E-state index contributed by atoms with van der Waals surface area (Å²) in [4.78, 5) is 10.7. The molecule has 82 valence electrons. The molecule has 0 saturated carbocycles. The largest absolute Gasteiger partial charge is 0.508 e. The molecule has 0 radical (unpaired) electrons. The van der Waals surface area contributed by atoms with Crippen LogP contribution in [0.3, 0.4) is 0 Å². The molecule has 0 aliphatic rings. The molecule has 15 heavy (non-hydrogen) atoms. The van der Waals surface area contributed by atoms with Crippen LogP contribution in [0, 0.1) is 0 Å². The van der Waals surface area contributed by atoms with Gasteiger partial charge in [-0.1, -0.05) is 32.0 Å². The third kappa shape index (κ3) is 2.10. The number of aliphatic hydroxyl groups excluding tert-OH is 1. The lowest BCUT2D eigenvalue weighted by Crippen LogP contribution is -2.39. The van der Waals surface area contributed by atoms with E-state index in [1.54, 1.807) is 32.0 Å². The molecule has 0 heterocycles. The summed E-state index contributed by atoms with van der Waals surface area (Å²) < 4.78 is 0. The number of para-hydroxylation sites is 1. The SMILES string of the molecule is CC(C)(c1ccccc1O)C(O)C(=O)O. The number of hydrogen-bond acceptors (Lipinski definition) is 3. The van der Waals surface area contributed by atoms with Crippen molar-refractivity contribution in [3.8, 4) is 5.75 Å². The maximum atomic E-state index is 10.7. The molecule has 0 aromatic heterocycles. The Hall–Kier alpha value is -1.55. The van der Waals surface area contributed by atoms with E-state index in [2.05, 4.69) is 0 Å². The predicted molar refractivity (Wildman–Crippen MR) is 54.8 cm³/mol. The fraction of sp³-hybridized carbons (Fsp3) is 0.364. The van der Waals surface area contributed by atoms with Crippen molar-refractivity contribution in [3.63, 3.8) is 0 Å². The van der Waals surface area contributed by atoms with Crippen molar-refractivity contribution >= 4 is 5.97 Å². The van der Waals surface area contributed by atoms with Crippen molar-refractivity contribution in [2.24, 2.45) is 0 Å². The minimum atomic E-state index is -1.55. The number of aliphatic hydroxyl groups is 1. The Morgan fingerprint density at radius 1 is 1.33 bits per heavy atom. The highest BCUT2D eigenvalue weighted by molar-refractivity contribution is 5.74. The fourth-order valence-electron chi connectivity index (χ4n) is 1.47. The molecule has 0 fully saturated rings. The number of aliphatic carboxylic acids is 1. The molecule has 3 N–H and O–H groups in total. The molecule has 1 unspecified atom stereocenters. The fourth-order valence-corrected chi connectivity index (χ4v) is 1.47. The first-order valence-corrected chi connectivity index (χ1v) is 4.56.